The van der Waals surface area contributed by atoms with Gasteiger partial charge >= 0.3 is 0 Å². The van der Waals surface area contributed by atoms with Crippen molar-refractivity contribution in [2.45, 2.75) is 26.0 Å². The lowest BCUT2D eigenvalue weighted by atomic mass is 10.1. The van der Waals surface area contributed by atoms with Crippen LogP contribution in [0.2, 0.25) is 0 Å². The molecule has 0 unspecified atom stereocenters. The Morgan fingerprint density at radius 3 is 2.40 bits per heavy atom. The Balaban J connectivity index is 2.65. The maximum atomic E-state index is 9.73. The molecule has 84 valence electrons. The van der Waals surface area contributed by atoms with Crippen molar-refractivity contribution in [2.75, 3.05) is 6.54 Å². The summed E-state index contributed by atoms with van der Waals surface area (Å²) in [6, 6.07) is 4.61. The average Bonchev–Trinajstić information content (AvgIpc) is 2.18. The number of nitrogens with one attached hydrogen (secondary N) is 1. The molecule has 0 amide bonds. The van der Waals surface area contributed by atoms with Gasteiger partial charge in [-0.1, -0.05) is 19.9 Å². The van der Waals surface area contributed by atoms with Gasteiger partial charge in [-0.3, -0.25) is 0 Å². The summed E-state index contributed by atoms with van der Waals surface area (Å²) >= 11 is 0. The normalized spacial score (nSPS) is 13.1. The molecule has 4 nitrogen and oxygen atoms in total. The van der Waals surface area contributed by atoms with E-state index in [9.17, 15) is 10.2 Å². The van der Waals surface area contributed by atoms with Crippen molar-refractivity contribution in [3.8, 4) is 11.5 Å². The second kappa shape index (κ2) is 5.00. The molecule has 0 aliphatic heterocycles. The van der Waals surface area contributed by atoms with Crippen LogP contribution in [0, 0.1) is 0 Å². The third-order valence-electron chi connectivity index (χ3n) is 2.10. The van der Waals surface area contributed by atoms with Crippen LogP contribution in [0.5, 0.6) is 11.5 Å². The first-order chi connectivity index (χ1) is 7.00. The predicted molar refractivity (Wildman–Crippen MR) is 57.9 cm³/mol. The summed E-state index contributed by atoms with van der Waals surface area (Å²) in [5.74, 6) is -0.390. The highest BCUT2D eigenvalue weighted by atomic mass is 16.3. The Morgan fingerprint density at radius 1 is 1.20 bits per heavy atom. The molecule has 4 heteroatoms. The third kappa shape index (κ3) is 3.42. The maximum Gasteiger partial charge on any atom is 0.157 e. The molecule has 0 heterocycles. The van der Waals surface area contributed by atoms with Crippen molar-refractivity contribution >= 4 is 0 Å². The molecule has 1 aromatic carbocycles. The first-order valence-electron chi connectivity index (χ1n) is 4.94. The SMILES string of the molecule is CC(C)NC[C@H](O)c1ccc(O)c(O)c1. The van der Waals surface area contributed by atoms with E-state index in [1.165, 1.54) is 12.1 Å². The quantitative estimate of drug-likeness (QED) is 0.563. The fraction of sp³-hybridized carbons (Fsp3) is 0.455. The Hall–Kier alpha value is -1.26. The van der Waals surface area contributed by atoms with E-state index in [4.69, 9.17) is 5.11 Å². The van der Waals surface area contributed by atoms with Gasteiger partial charge in [0.15, 0.2) is 11.5 Å². The van der Waals surface area contributed by atoms with Crippen molar-refractivity contribution in [3.63, 3.8) is 0 Å². The third-order valence-corrected chi connectivity index (χ3v) is 2.10. The zero-order valence-corrected chi connectivity index (χ0v) is 8.94. The molecule has 0 spiro atoms. The first-order valence-corrected chi connectivity index (χ1v) is 4.94. The van der Waals surface area contributed by atoms with Crippen molar-refractivity contribution in [2.24, 2.45) is 0 Å². The second-order valence-corrected chi connectivity index (χ2v) is 3.83. The lowest BCUT2D eigenvalue weighted by Crippen LogP contribution is -2.27. The molecule has 0 saturated carbocycles. The van der Waals surface area contributed by atoms with Gasteiger partial charge in [0.1, 0.15) is 0 Å². The molecule has 1 aromatic rings. The highest BCUT2D eigenvalue weighted by molar-refractivity contribution is 5.41. The molecule has 1 rings (SSSR count). The van der Waals surface area contributed by atoms with Crippen LogP contribution in [0.15, 0.2) is 18.2 Å². The van der Waals surface area contributed by atoms with Crippen LogP contribution in [0.4, 0.5) is 0 Å². The Bertz CT molecular complexity index is 326. The number of aromatic hydroxyl groups is 2. The second-order valence-electron chi connectivity index (χ2n) is 3.83. The van der Waals surface area contributed by atoms with Crippen LogP contribution in [0.1, 0.15) is 25.5 Å². The lowest BCUT2D eigenvalue weighted by Gasteiger charge is -2.14. The van der Waals surface area contributed by atoms with Crippen LogP contribution in [0.25, 0.3) is 0 Å². The van der Waals surface area contributed by atoms with Crippen molar-refractivity contribution in [1.82, 2.24) is 5.32 Å². The minimum atomic E-state index is -0.682. The smallest absolute Gasteiger partial charge is 0.157 e. The number of aliphatic hydroxyl groups is 1. The molecule has 0 fully saturated rings. The number of hydrogen-bond acceptors (Lipinski definition) is 4. The van der Waals surface area contributed by atoms with Gasteiger partial charge in [0.05, 0.1) is 6.10 Å². The zero-order chi connectivity index (χ0) is 11.4. The standard InChI is InChI=1S/C11H17NO3/c1-7(2)12-6-11(15)8-3-4-9(13)10(14)5-8/h3-5,7,11-15H,6H2,1-2H3/t11-/m0/s1. The summed E-state index contributed by atoms with van der Waals surface area (Å²) < 4.78 is 0. The van der Waals surface area contributed by atoms with E-state index in [0.29, 0.717) is 18.2 Å². The highest BCUT2D eigenvalue weighted by Crippen LogP contribution is 2.27. The van der Waals surface area contributed by atoms with E-state index in [1.807, 2.05) is 13.8 Å². The summed E-state index contributed by atoms with van der Waals surface area (Å²) in [6.07, 6.45) is -0.682. The Morgan fingerprint density at radius 2 is 1.87 bits per heavy atom. The van der Waals surface area contributed by atoms with Crippen LogP contribution in [-0.4, -0.2) is 27.9 Å². The molecule has 4 N–H and O–H groups in total. The van der Waals surface area contributed by atoms with E-state index in [2.05, 4.69) is 5.32 Å². The molecule has 0 aliphatic rings. The van der Waals surface area contributed by atoms with Crippen molar-refractivity contribution < 1.29 is 15.3 Å². The summed E-state index contributed by atoms with van der Waals surface area (Å²) in [7, 11) is 0. The molecule has 0 saturated heterocycles. The minimum Gasteiger partial charge on any atom is -0.504 e. The Labute approximate surface area is 89.2 Å². The number of benzene rings is 1. The summed E-state index contributed by atoms with van der Waals surface area (Å²) in [6.45, 7) is 4.39. The molecular formula is C11H17NO3. The molecule has 1 atom stereocenters. The van der Waals surface area contributed by atoms with Crippen molar-refractivity contribution in [1.29, 1.82) is 0 Å². The van der Waals surface area contributed by atoms with Gasteiger partial charge in [-0.25, -0.2) is 0 Å². The summed E-state index contributed by atoms with van der Waals surface area (Å²) in [5, 5.41) is 31.2. The van der Waals surface area contributed by atoms with E-state index < -0.39 is 6.10 Å². The van der Waals surface area contributed by atoms with Gasteiger partial charge in [0.2, 0.25) is 0 Å². The van der Waals surface area contributed by atoms with Crippen LogP contribution < -0.4 is 5.32 Å². The van der Waals surface area contributed by atoms with Crippen LogP contribution in [0.3, 0.4) is 0 Å². The number of phenols is 2. The summed E-state index contributed by atoms with van der Waals surface area (Å²) in [4.78, 5) is 0. The van der Waals surface area contributed by atoms with Gasteiger partial charge in [-0.2, -0.15) is 0 Å². The maximum absolute atomic E-state index is 9.73. The average molecular weight is 211 g/mol. The van der Waals surface area contributed by atoms with Gasteiger partial charge < -0.3 is 20.6 Å². The molecule has 0 radical (unpaired) electrons. The monoisotopic (exact) mass is 211 g/mol. The van der Waals surface area contributed by atoms with Gasteiger partial charge in [-0.05, 0) is 17.7 Å². The predicted octanol–water partition coefficient (Wildman–Crippen LogP) is 1.13. The molecular weight excluding hydrogens is 194 g/mol. The molecule has 0 aliphatic carbocycles. The number of hydrogen-bond donors (Lipinski definition) is 4. The minimum absolute atomic E-state index is 0.178. The highest BCUT2D eigenvalue weighted by Gasteiger charge is 2.10. The molecule has 0 bridgehead atoms. The van der Waals surface area contributed by atoms with Gasteiger partial charge in [0, 0.05) is 12.6 Å². The molecule has 0 aromatic heterocycles. The molecule has 15 heavy (non-hydrogen) atoms. The first kappa shape index (κ1) is 11.8. The topological polar surface area (TPSA) is 72.7 Å². The number of phenolic OH excluding ortho intramolecular Hbond substituents is 2. The van der Waals surface area contributed by atoms with Gasteiger partial charge in [-0.15, -0.1) is 0 Å². The largest absolute Gasteiger partial charge is 0.504 e. The number of rotatable bonds is 4. The van der Waals surface area contributed by atoms with Crippen LogP contribution >= 0.6 is 0 Å². The summed E-state index contributed by atoms with van der Waals surface area (Å²) in [5.41, 5.74) is 0.582. The lowest BCUT2D eigenvalue weighted by molar-refractivity contribution is 0.171. The fourth-order valence-corrected chi connectivity index (χ4v) is 1.21. The van der Waals surface area contributed by atoms with E-state index in [0.717, 1.165) is 0 Å². The van der Waals surface area contributed by atoms with Crippen molar-refractivity contribution in [3.05, 3.63) is 23.8 Å². The Kier molecular flexibility index (Phi) is 3.94. The van der Waals surface area contributed by atoms with E-state index in [1.54, 1.807) is 6.07 Å². The zero-order valence-electron chi connectivity index (χ0n) is 8.94. The van der Waals surface area contributed by atoms with Crippen LogP contribution in [-0.2, 0) is 0 Å². The van der Waals surface area contributed by atoms with Gasteiger partial charge in [0.25, 0.3) is 0 Å². The number of aliphatic hydroxyl groups excluding tert-OH is 1. The fourth-order valence-electron chi connectivity index (χ4n) is 1.21. The van der Waals surface area contributed by atoms with E-state index in [-0.39, 0.29) is 11.5 Å². The van der Waals surface area contributed by atoms with E-state index >= 15 is 0 Å².